The lowest BCUT2D eigenvalue weighted by Gasteiger charge is -2.34. The van der Waals surface area contributed by atoms with Crippen molar-refractivity contribution in [2.24, 2.45) is 0 Å². The van der Waals surface area contributed by atoms with Gasteiger partial charge < -0.3 is 0 Å². The summed E-state index contributed by atoms with van der Waals surface area (Å²) in [6.45, 7) is 31.1. The first-order valence-electron chi connectivity index (χ1n) is 20.1. The molecule has 0 heterocycles. The van der Waals surface area contributed by atoms with Crippen molar-refractivity contribution in [1.29, 1.82) is 0 Å². The quantitative estimate of drug-likeness (QED) is 0.198. The molecule has 0 atom stereocenters. The monoisotopic (exact) mass is 705 g/mol. The molecular formula is C51H73F. The number of alkyl halides is 1. The second-order valence-electron chi connectivity index (χ2n) is 19.7. The maximum Gasteiger partial charge on any atom is 0.115 e. The van der Waals surface area contributed by atoms with Gasteiger partial charge in [0.1, 0.15) is 5.67 Å². The van der Waals surface area contributed by atoms with Crippen LogP contribution in [0.5, 0.6) is 0 Å². The van der Waals surface area contributed by atoms with E-state index in [9.17, 15) is 4.39 Å². The van der Waals surface area contributed by atoms with Gasteiger partial charge in [-0.2, -0.15) is 0 Å². The minimum atomic E-state index is -0.900. The molecular weight excluding hydrogens is 632 g/mol. The zero-order valence-corrected chi connectivity index (χ0v) is 35.6. The maximum absolute atomic E-state index is 13.9. The topological polar surface area (TPSA) is 0 Å². The average molecular weight is 705 g/mol. The highest BCUT2D eigenvalue weighted by Gasteiger charge is 2.36. The molecule has 0 aromatic heterocycles. The van der Waals surface area contributed by atoms with Crippen LogP contribution in [0.25, 0.3) is 0 Å². The summed E-state index contributed by atoms with van der Waals surface area (Å²) in [5, 5.41) is 0. The molecule has 2 aliphatic rings. The molecule has 52 heavy (non-hydrogen) atoms. The summed E-state index contributed by atoms with van der Waals surface area (Å²) in [6, 6.07) is 35.3. The second-order valence-corrected chi connectivity index (χ2v) is 19.7. The van der Waals surface area contributed by atoms with Gasteiger partial charge in [-0.3, -0.25) is 0 Å². The van der Waals surface area contributed by atoms with Gasteiger partial charge in [0, 0.05) is 6.42 Å². The Morgan fingerprint density at radius 2 is 0.827 bits per heavy atom. The third kappa shape index (κ3) is 14.3. The first-order valence-corrected chi connectivity index (χ1v) is 20.1. The first kappa shape index (κ1) is 43.2. The fraction of sp³-hybridized carbons (Fsp3) is 0.529. The maximum atomic E-state index is 13.9. The molecule has 4 aromatic rings. The van der Waals surface area contributed by atoms with Gasteiger partial charge in [0.15, 0.2) is 0 Å². The lowest BCUT2D eigenvalue weighted by Crippen LogP contribution is -2.34. The van der Waals surface area contributed by atoms with E-state index in [0.717, 1.165) is 37.2 Å². The van der Waals surface area contributed by atoms with Gasteiger partial charge >= 0.3 is 0 Å². The number of hydrogen-bond donors (Lipinski definition) is 0. The Hall–Kier alpha value is -3.19. The molecule has 0 bridgehead atoms. The van der Waals surface area contributed by atoms with Crippen LogP contribution >= 0.6 is 0 Å². The Labute approximate surface area is 320 Å². The standard InChI is InChI=1S/C15H21F.C13H18.C12H18.C11H16/c1-14(2,3)13-7-5-12(6-8-13)11-15(16)9-4-10-15;1-13(2,3)12-8-6-11(7-9-12)10-4-5-10;1-5-10-6-8-11(9-7-10)12(2,3)4;1-9-5-7-10(8-6-9)11(2,3)4/h5-8H,4,9-11H2,1-3H3;6-10H,4-5H2,1-3H3;6-9H,5H2,1-4H3;5-8H,1-4H3. The molecule has 4 aromatic carbocycles. The summed E-state index contributed by atoms with van der Waals surface area (Å²) in [7, 11) is 0. The van der Waals surface area contributed by atoms with Crippen molar-refractivity contribution in [1.82, 2.24) is 0 Å². The van der Waals surface area contributed by atoms with Crippen LogP contribution in [-0.4, -0.2) is 5.67 Å². The number of aryl methyl sites for hydroxylation is 2. The van der Waals surface area contributed by atoms with E-state index in [4.69, 9.17) is 0 Å². The molecule has 2 aliphatic carbocycles. The number of benzene rings is 4. The molecule has 0 N–H and O–H groups in total. The second kappa shape index (κ2) is 17.8. The Bertz CT molecular complexity index is 1600. The normalized spacial score (nSPS) is 15.4. The molecule has 284 valence electrons. The van der Waals surface area contributed by atoms with Gasteiger partial charge in [-0.15, -0.1) is 0 Å². The van der Waals surface area contributed by atoms with Crippen LogP contribution in [0.4, 0.5) is 4.39 Å². The third-order valence-electron chi connectivity index (χ3n) is 10.6. The van der Waals surface area contributed by atoms with Gasteiger partial charge in [-0.25, -0.2) is 4.39 Å². The zero-order chi connectivity index (χ0) is 39.0. The minimum absolute atomic E-state index is 0.183. The van der Waals surface area contributed by atoms with Crippen LogP contribution in [0.2, 0.25) is 0 Å². The molecule has 0 radical (unpaired) electrons. The lowest BCUT2D eigenvalue weighted by molar-refractivity contribution is 0.0641. The van der Waals surface area contributed by atoms with Gasteiger partial charge in [-0.05, 0) is 112 Å². The van der Waals surface area contributed by atoms with E-state index in [1.54, 1.807) is 0 Å². The molecule has 0 saturated heterocycles. The fourth-order valence-corrected chi connectivity index (χ4v) is 6.19. The SMILES string of the molecule is CC(C)(C)c1ccc(C2CC2)cc1.CC(C)(C)c1ccc(CC2(F)CCC2)cc1.CCc1ccc(C(C)(C)C)cc1.Cc1ccc(C(C)(C)C)cc1. The molecule has 0 spiro atoms. The predicted molar refractivity (Wildman–Crippen MR) is 228 cm³/mol. The van der Waals surface area contributed by atoms with Gasteiger partial charge in [-0.1, -0.05) is 193 Å². The van der Waals surface area contributed by atoms with Crippen molar-refractivity contribution < 1.29 is 4.39 Å². The summed E-state index contributed by atoms with van der Waals surface area (Å²) < 4.78 is 13.9. The van der Waals surface area contributed by atoms with E-state index in [1.165, 1.54) is 51.8 Å². The molecule has 1 heteroatoms. The summed E-state index contributed by atoms with van der Waals surface area (Å²) in [6.07, 6.45) is 7.06. The van der Waals surface area contributed by atoms with Gasteiger partial charge in [0.25, 0.3) is 0 Å². The molecule has 2 saturated carbocycles. The molecule has 0 aliphatic heterocycles. The van der Waals surface area contributed by atoms with E-state index in [1.807, 2.05) is 0 Å². The van der Waals surface area contributed by atoms with Gasteiger partial charge in [0.2, 0.25) is 0 Å². The van der Waals surface area contributed by atoms with Crippen molar-refractivity contribution in [3.63, 3.8) is 0 Å². The van der Waals surface area contributed by atoms with E-state index >= 15 is 0 Å². The number of hydrogen-bond acceptors (Lipinski definition) is 0. The molecule has 0 amide bonds. The van der Waals surface area contributed by atoms with Crippen LogP contribution in [0.15, 0.2) is 97.1 Å². The summed E-state index contributed by atoms with van der Waals surface area (Å²) in [5.41, 5.74) is 11.1. The summed E-state index contributed by atoms with van der Waals surface area (Å²) >= 11 is 0. The summed E-state index contributed by atoms with van der Waals surface area (Å²) in [5.74, 6) is 0.883. The highest BCUT2D eigenvalue weighted by atomic mass is 19.1. The molecule has 6 rings (SSSR count). The first-order chi connectivity index (χ1) is 24.0. The predicted octanol–water partition coefficient (Wildman–Crippen LogP) is 15.1. The third-order valence-corrected chi connectivity index (χ3v) is 10.6. The van der Waals surface area contributed by atoms with Crippen LogP contribution in [-0.2, 0) is 34.5 Å². The lowest BCUT2D eigenvalue weighted by atomic mass is 9.77. The van der Waals surface area contributed by atoms with Crippen molar-refractivity contribution in [2.75, 3.05) is 0 Å². The largest absolute Gasteiger partial charge is 0.244 e. The minimum Gasteiger partial charge on any atom is -0.244 e. The molecule has 2 fully saturated rings. The van der Waals surface area contributed by atoms with Crippen molar-refractivity contribution in [3.05, 3.63) is 142 Å². The van der Waals surface area contributed by atoms with Crippen molar-refractivity contribution in [2.45, 2.75) is 175 Å². The Kier molecular flexibility index (Phi) is 14.8. The fourth-order valence-electron chi connectivity index (χ4n) is 6.19. The van der Waals surface area contributed by atoms with Crippen LogP contribution in [0, 0.1) is 6.92 Å². The van der Waals surface area contributed by atoms with Crippen LogP contribution in [0.3, 0.4) is 0 Å². The molecule has 0 unspecified atom stereocenters. The van der Waals surface area contributed by atoms with E-state index in [2.05, 4.69) is 194 Å². The number of rotatable bonds is 4. The van der Waals surface area contributed by atoms with Crippen LogP contribution < -0.4 is 0 Å². The zero-order valence-electron chi connectivity index (χ0n) is 35.6. The average Bonchev–Trinajstić information content (AvgIpc) is 3.90. The molecule has 0 nitrogen and oxygen atoms in total. The van der Waals surface area contributed by atoms with E-state index in [-0.39, 0.29) is 16.2 Å². The van der Waals surface area contributed by atoms with E-state index in [0.29, 0.717) is 11.8 Å². The number of halogens is 1. The highest BCUT2D eigenvalue weighted by Crippen LogP contribution is 2.41. The Morgan fingerprint density at radius 1 is 0.500 bits per heavy atom. The van der Waals surface area contributed by atoms with Crippen molar-refractivity contribution >= 4 is 0 Å². The van der Waals surface area contributed by atoms with Crippen LogP contribution in [0.1, 0.15) is 173 Å². The van der Waals surface area contributed by atoms with E-state index < -0.39 is 5.67 Å². The van der Waals surface area contributed by atoms with Crippen molar-refractivity contribution in [3.8, 4) is 0 Å². The smallest absolute Gasteiger partial charge is 0.115 e. The summed E-state index contributed by atoms with van der Waals surface area (Å²) in [4.78, 5) is 0. The highest BCUT2D eigenvalue weighted by molar-refractivity contribution is 5.32. The Balaban J connectivity index is 0.000000189. The van der Waals surface area contributed by atoms with Gasteiger partial charge in [0.05, 0.1) is 0 Å². The Morgan fingerprint density at radius 3 is 1.12 bits per heavy atom.